The monoisotopic (exact) mass is 271 g/mol. The Morgan fingerprint density at radius 2 is 1.91 bits per heavy atom. The second kappa shape index (κ2) is 4.47. The predicted octanol–water partition coefficient (Wildman–Crippen LogP) is 1.72. The van der Waals surface area contributed by atoms with Gasteiger partial charge in [0, 0.05) is 0 Å². The van der Waals surface area contributed by atoms with Crippen molar-refractivity contribution in [1.82, 2.24) is 0 Å². The Labute approximate surface area is 83.2 Å². The first-order valence-corrected chi connectivity index (χ1v) is 7.49. The van der Waals surface area contributed by atoms with Gasteiger partial charge < -0.3 is 0 Å². The summed E-state index contributed by atoms with van der Waals surface area (Å²) in [4.78, 5) is 0. The minimum atomic E-state index is 0.221. The van der Waals surface area contributed by atoms with Crippen molar-refractivity contribution in [2.24, 2.45) is 0 Å². The zero-order valence-corrected chi connectivity index (χ0v) is 10.7. The van der Waals surface area contributed by atoms with Gasteiger partial charge in [0.15, 0.2) is 0 Å². The Balaban J connectivity index is 2.78. The molecule has 0 fully saturated rings. The summed E-state index contributed by atoms with van der Waals surface area (Å²) in [6.45, 7) is 4.66. The molecule has 0 atom stereocenters. The summed E-state index contributed by atoms with van der Waals surface area (Å²) in [6.07, 6.45) is 1.29. The summed E-state index contributed by atoms with van der Waals surface area (Å²) < 4.78 is 1.52. The molecule has 0 spiro atoms. The third-order valence-electron chi connectivity index (χ3n) is 1.50. The number of hydrogen-bond acceptors (Lipinski definition) is 0. The minimum absolute atomic E-state index is 0.221. The van der Waals surface area contributed by atoms with Gasteiger partial charge in [-0.3, -0.25) is 0 Å². The van der Waals surface area contributed by atoms with E-state index < -0.39 is 0 Å². The Bertz CT molecular complexity index is 233. The number of hydrogen-bond donors (Lipinski definition) is 0. The molecule has 0 bridgehead atoms. The third-order valence-corrected chi connectivity index (χ3v) is 3.87. The Kier molecular flexibility index (Phi) is 3.87. The van der Waals surface area contributed by atoms with E-state index in [1.54, 1.807) is 28.1 Å². The van der Waals surface area contributed by atoms with Gasteiger partial charge in [0.05, 0.1) is 0 Å². The van der Waals surface area contributed by atoms with Crippen LogP contribution in [0, 0.1) is 0 Å². The second-order valence-electron chi connectivity index (χ2n) is 2.89. The van der Waals surface area contributed by atoms with Gasteiger partial charge in [-0.15, -0.1) is 0 Å². The molecule has 0 nitrogen and oxygen atoms in total. The molecule has 0 saturated heterocycles. The molecule has 0 amide bonds. The van der Waals surface area contributed by atoms with Crippen LogP contribution < -0.4 is 3.58 Å². The molecule has 3 radical (unpaired) electrons. The molecule has 0 aliphatic carbocycles. The van der Waals surface area contributed by atoms with Crippen LogP contribution in [0.2, 0.25) is 0 Å². The van der Waals surface area contributed by atoms with Gasteiger partial charge in [0.25, 0.3) is 0 Å². The second-order valence-corrected chi connectivity index (χ2v) is 6.91. The maximum atomic E-state index is 2.33. The third kappa shape index (κ3) is 3.13. The van der Waals surface area contributed by atoms with Crippen LogP contribution in [0.15, 0.2) is 24.3 Å². The first-order valence-electron chi connectivity index (χ1n) is 3.64. The molecule has 0 N–H and O–H groups in total. The van der Waals surface area contributed by atoms with Crippen LogP contribution in [-0.4, -0.2) is 35.9 Å². The first-order chi connectivity index (χ1) is 5.20. The number of benzene rings is 1. The van der Waals surface area contributed by atoms with Crippen LogP contribution in [0.5, 0.6) is 0 Å². The van der Waals surface area contributed by atoms with Crippen LogP contribution in [0.25, 0.3) is 0 Å². The maximum absolute atomic E-state index is 2.33. The number of rotatable bonds is 2. The van der Waals surface area contributed by atoms with Crippen LogP contribution in [0.3, 0.4) is 0 Å². The van der Waals surface area contributed by atoms with Crippen LogP contribution in [-0.2, 0) is 6.16 Å². The summed E-state index contributed by atoms with van der Waals surface area (Å²) in [7, 11) is 0.221. The van der Waals surface area contributed by atoms with Crippen molar-refractivity contribution in [1.29, 1.82) is 0 Å². The fourth-order valence-electron chi connectivity index (χ4n) is 0.999. The fraction of sp³-hybridized carbons (Fsp3) is 0.333. The topological polar surface area (TPSA) is 0 Å². The molecule has 57 valence electrons. The average molecular weight is 270 g/mol. The molecule has 0 aromatic heterocycles. The summed E-state index contributed by atoms with van der Waals surface area (Å²) in [6, 6.07) is 8.75. The molecule has 0 unspecified atom stereocenters. The quantitative estimate of drug-likeness (QED) is 0.567. The van der Waals surface area contributed by atoms with Crippen molar-refractivity contribution in [2.75, 3.05) is 13.3 Å². The molecule has 2 heteroatoms. The molecule has 1 rings (SSSR count). The van der Waals surface area contributed by atoms with Crippen LogP contribution in [0.4, 0.5) is 0 Å². The molecule has 11 heavy (non-hydrogen) atoms. The van der Waals surface area contributed by atoms with Crippen LogP contribution in [0.1, 0.15) is 5.56 Å². The van der Waals surface area contributed by atoms with Crippen LogP contribution >= 0.6 is 7.92 Å². The van der Waals surface area contributed by atoms with Crippen molar-refractivity contribution >= 4 is 34.0 Å². The Morgan fingerprint density at radius 1 is 1.27 bits per heavy atom. The van der Waals surface area contributed by atoms with E-state index in [0.717, 1.165) is 0 Å². The van der Waals surface area contributed by atoms with Gasteiger partial charge in [-0.1, -0.05) is 0 Å². The Morgan fingerprint density at radius 3 is 2.45 bits per heavy atom. The van der Waals surface area contributed by atoms with Crippen molar-refractivity contribution in [3.05, 3.63) is 29.8 Å². The molecular weight excluding hydrogens is 258 g/mol. The zero-order chi connectivity index (χ0) is 8.27. The van der Waals surface area contributed by atoms with E-state index in [1.165, 1.54) is 9.74 Å². The van der Waals surface area contributed by atoms with E-state index in [0.29, 0.717) is 0 Å². The van der Waals surface area contributed by atoms with Crippen molar-refractivity contribution in [3.63, 3.8) is 0 Å². The van der Waals surface area contributed by atoms with Gasteiger partial charge in [0.1, 0.15) is 0 Å². The zero-order valence-electron chi connectivity index (χ0n) is 6.96. The first kappa shape index (κ1) is 9.54. The van der Waals surface area contributed by atoms with E-state index in [9.17, 15) is 0 Å². The molecular formula is C9H12PSn. The molecule has 0 saturated carbocycles. The van der Waals surface area contributed by atoms with E-state index in [4.69, 9.17) is 0 Å². The van der Waals surface area contributed by atoms with E-state index >= 15 is 0 Å². The fourth-order valence-corrected chi connectivity index (χ4v) is 3.15. The Hall–Kier alpha value is 0.449. The molecule has 1 aromatic rings. The predicted molar refractivity (Wildman–Crippen MR) is 54.3 cm³/mol. The molecule has 0 aliphatic heterocycles. The van der Waals surface area contributed by atoms with Gasteiger partial charge in [0.2, 0.25) is 0 Å². The van der Waals surface area contributed by atoms with E-state index in [1.807, 2.05) is 0 Å². The van der Waals surface area contributed by atoms with Gasteiger partial charge in [-0.2, -0.15) is 0 Å². The van der Waals surface area contributed by atoms with E-state index in [2.05, 4.69) is 37.6 Å². The van der Waals surface area contributed by atoms with Crippen molar-refractivity contribution in [2.45, 2.75) is 6.16 Å². The SMILES string of the molecule is CP(C)Cc1cccc[c]1[Sn]. The van der Waals surface area contributed by atoms with Crippen molar-refractivity contribution < 1.29 is 0 Å². The molecule has 0 aliphatic rings. The van der Waals surface area contributed by atoms with Gasteiger partial charge in [-0.25, -0.2) is 0 Å². The standard InChI is InChI=1S/C9H12P.Sn/c1-10(2)8-9-6-4-3-5-7-9;/h3-6H,8H2,1-2H3;. The average Bonchev–Trinajstić information content (AvgIpc) is 1.93. The summed E-state index contributed by atoms with van der Waals surface area (Å²) in [5, 5.41) is 0. The summed E-state index contributed by atoms with van der Waals surface area (Å²) in [5.74, 6) is 0. The summed E-state index contributed by atoms with van der Waals surface area (Å²) in [5.41, 5.74) is 1.56. The van der Waals surface area contributed by atoms with Gasteiger partial charge >= 0.3 is 83.3 Å². The normalized spacial score (nSPS) is 10.5. The van der Waals surface area contributed by atoms with Gasteiger partial charge in [-0.05, 0) is 0 Å². The van der Waals surface area contributed by atoms with E-state index in [-0.39, 0.29) is 7.92 Å². The van der Waals surface area contributed by atoms with Crippen molar-refractivity contribution in [3.8, 4) is 0 Å². The molecule has 1 aromatic carbocycles. The summed E-state index contributed by atoms with van der Waals surface area (Å²) >= 11 is 1.54. The molecule has 0 heterocycles.